The number of nitrogens with zero attached hydrogens (tertiary/aromatic N) is 4. The first kappa shape index (κ1) is 17.5. The van der Waals surface area contributed by atoms with Crippen LogP contribution in [-0.2, 0) is 18.3 Å². The first-order valence-corrected chi connectivity index (χ1v) is 8.75. The van der Waals surface area contributed by atoms with E-state index in [-0.39, 0.29) is 17.8 Å². The summed E-state index contributed by atoms with van der Waals surface area (Å²) in [5.74, 6) is 0.496. The maximum atomic E-state index is 13.3. The van der Waals surface area contributed by atoms with Crippen molar-refractivity contribution >= 4 is 5.91 Å². The van der Waals surface area contributed by atoms with E-state index in [0.29, 0.717) is 13.0 Å². The van der Waals surface area contributed by atoms with Crippen LogP contribution < -0.4 is 5.32 Å². The number of rotatable bonds is 6. The van der Waals surface area contributed by atoms with Crippen LogP contribution >= 0.6 is 0 Å². The summed E-state index contributed by atoms with van der Waals surface area (Å²) in [4.78, 5) is 15.0. The van der Waals surface area contributed by atoms with Gasteiger partial charge in [0.2, 0.25) is 5.91 Å². The Labute approximate surface area is 147 Å². The molecule has 0 aliphatic carbocycles. The average molecular weight is 345 g/mol. The van der Waals surface area contributed by atoms with Crippen LogP contribution in [-0.4, -0.2) is 45.2 Å². The quantitative estimate of drug-likeness (QED) is 0.868. The molecule has 1 aliphatic rings. The minimum atomic E-state index is -0.375. The Morgan fingerprint density at radius 3 is 2.60 bits per heavy atom. The molecule has 25 heavy (non-hydrogen) atoms. The van der Waals surface area contributed by atoms with E-state index in [1.807, 2.05) is 11.6 Å². The Kier molecular flexibility index (Phi) is 5.75. The van der Waals surface area contributed by atoms with Crippen molar-refractivity contribution in [2.45, 2.75) is 31.7 Å². The van der Waals surface area contributed by atoms with Crippen LogP contribution in [0, 0.1) is 5.82 Å². The largest absolute Gasteiger partial charge is 0.354 e. The van der Waals surface area contributed by atoms with E-state index in [1.165, 1.54) is 18.6 Å². The highest BCUT2D eigenvalue weighted by molar-refractivity contribution is 5.83. The third-order valence-electron chi connectivity index (χ3n) is 4.64. The smallest absolute Gasteiger partial charge is 0.241 e. The van der Waals surface area contributed by atoms with Gasteiger partial charge >= 0.3 is 0 Å². The van der Waals surface area contributed by atoms with Crippen LogP contribution in [0.5, 0.6) is 0 Å². The summed E-state index contributed by atoms with van der Waals surface area (Å²) >= 11 is 0. The maximum Gasteiger partial charge on any atom is 0.241 e. The number of piperidine rings is 1. The molecule has 2 heterocycles. The molecule has 0 spiro atoms. The molecule has 134 valence electrons. The number of carbonyl (C=O) groups is 1. The lowest BCUT2D eigenvalue weighted by Gasteiger charge is -2.34. The van der Waals surface area contributed by atoms with Gasteiger partial charge in [-0.25, -0.2) is 4.39 Å². The van der Waals surface area contributed by atoms with Crippen molar-refractivity contribution in [3.63, 3.8) is 0 Å². The van der Waals surface area contributed by atoms with E-state index in [0.717, 1.165) is 37.3 Å². The summed E-state index contributed by atoms with van der Waals surface area (Å²) < 4.78 is 15.1. The molecule has 1 saturated heterocycles. The zero-order valence-electron chi connectivity index (χ0n) is 14.5. The number of aromatic nitrogens is 3. The molecule has 1 N–H and O–H groups in total. The molecule has 1 aromatic carbocycles. The zero-order chi connectivity index (χ0) is 17.6. The van der Waals surface area contributed by atoms with Crippen molar-refractivity contribution in [1.29, 1.82) is 0 Å². The number of amides is 1. The van der Waals surface area contributed by atoms with Crippen molar-refractivity contribution in [1.82, 2.24) is 25.0 Å². The second-order valence-corrected chi connectivity index (χ2v) is 6.45. The van der Waals surface area contributed by atoms with Gasteiger partial charge < -0.3 is 9.88 Å². The van der Waals surface area contributed by atoms with Crippen LogP contribution in [0.2, 0.25) is 0 Å². The number of benzene rings is 1. The minimum absolute atomic E-state index is 0.0457. The SMILES string of the molecule is Cn1cnnc1CCNC(=O)[C@@H](c1ccc(F)cc1)N1CCCCC1. The summed E-state index contributed by atoms with van der Waals surface area (Å²) in [7, 11) is 1.88. The van der Waals surface area contributed by atoms with Gasteiger partial charge in [0.1, 0.15) is 24.0 Å². The van der Waals surface area contributed by atoms with Crippen molar-refractivity contribution in [3.8, 4) is 0 Å². The van der Waals surface area contributed by atoms with E-state index in [9.17, 15) is 9.18 Å². The lowest BCUT2D eigenvalue weighted by Crippen LogP contribution is -2.43. The van der Waals surface area contributed by atoms with E-state index in [4.69, 9.17) is 0 Å². The summed E-state index contributed by atoms with van der Waals surface area (Å²) in [6, 6.07) is 5.87. The van der Waals surface area contributed by atoms with E-state index < -0.39 is 0 Å². The van der Waals surface area contributed by atoms with Gasteiger partial charge in [0.15, 0.2) is 0 Å². The van der Waals surface area contributed by atoms with Crippen LogP contribution in [0.25, 0.3) is 0 Å². The van der Waals surface area contributed by atoms with Crippen molar-refractivity contribution in [3.05, 3.63) is 47.8 Å². The number of carbonyl (C=O) groups excluding carboxylic acids is 1. The highest BCUT2D eigenvalue weighted by Gasteiger charge is 2.28. The molecule has 0 bridgehead atoms. The molecule has 2 aromatic rings. The lowest BCUT2D eigenvalue weighted by atomic mass is 10.0. The Morgan fingerprint density at radius 2 is 1.96 bits per heavy atom. The molecule has 1 aromatic heterocycles. The van der Waals surface area contributed by atoms with Gasteiger partial charge in [-0.15, -0.1) is 10.2 Å². The highest BCUT2D eigenvalue weighted by atomic mass is 19.1. The number of nitrogens with one attached hydrogen (secondary N) is 1. The monoisotopic (exact) mass is 345 g/mol. The highest BCUT2D eigenvalue weighted by Crippen LogP contribution is 2.25. The van der Waals surface area contributed by atoms with Crippen LogP contribution in [0.3, 0.4) is 0 Å². The first-order chi connectivity index (χ1) is 12.1. The molecule has 3 rings (SSSR count). The molecule has 0 saturated carbocycles. The predicted molar refractivity (Wildman–Crippen MR) is 92.3 cm³/mol. The zero-order valence-corrected chi connectivity index (χ0v) is 14.5. The molecule has 1 aliphatic heterocycles. The average Bonchev–Trinajstić information content (AvgIpc) is 3.03. The third-order valence-corrected chi connectivity index (χ3v) is 4.64. The van der Waals surface area contributed by atoms with Gasteiger partial charge in [-0.1, -0.05) is 18.6 Å². The maximum absolute atomic E-state index is 13.3. The van der Waals surface area contributed by atoms with E-state index >= 15 is 0 Å². The molecular weight excluding hydrogens is 321 g/mol. The fourth-order valence-corrected chi connectivity index (χ4v) is 3.28. The van der Waals surface area contributed by atoms with E-state index in [2.05, 4.69) is 20.4 Å². The van der Waals surface area contributed by atoms with Crippen LogP contribution in [0.1, 0.15) is 36.7 Å². The van der Waals surface area contributed by atoms with Gasteiger partial charge in [-0.3, -0.25) is 9.69 Å². The molecule has 0 unspecified atom stereocenters. The molecule has 1 amide bonds. The number of likely N-dealkylation sites (tertiary alicyclic amines) is 1. The normalized spacial score (nSPS) is 16.6. The second kappa shape index (κ2) is 8.20. The van der Waals surface area contributed by atoms with Gasteiger partial charge in [-0.2, -0.15) is 0 Å². The molecule has 1 atom stereocenters. The van der Waals surface area contributed by atoms with Crippen molar-refractivity contribution in [2.75, 3.05) is 19.6 Å². The Morgan fingerprint density at radius 1 is 1.24 bits per heavy atom. The molecule has 6 nitrogen and oxygen atoms in total. The Hall–Kier alpha value is -2.28. The summed E-state index contributed by atoms with van der Waals surface area (Å²) in [6.45, 7) is 2.27. The number of hydrogen-bond acceptors (Lipinski definition) is 4. The second-order valence-electron chi connectivity index (χ2n) is 6.45. The van der Waals surface area contributed by atoms with E-state index in [1.54, 1.807) is 18.5 Å². The summed E-state index contributed by atoms with van der Waals surface area (Å²) in [5, 5.41) is 10.9. The van der Waals surface area contributed by atoms with Gasteiger partial charge in [0, 0.05) is 20.0 Å². The molecular formula is C18H24FN5O. The standard InChI is InChI=1S/C18H24FN5O/c1-23-13-21-22-16(23)9-10-20-18(25)17(24-11-3-2-4-12-24)14-5-7-15(19)8-6-14/h5-8,13,17H,2-4,9-12H2,1H3,(H,20,25)/t17-/m1/s1. The van der Waals surface area contributed by atoms with Crippen LogP contribution in [0.15, 0.2) is 30.6 Å². The number of aryl methyl sites for hydroxylation is 1. The fraction of sp³-hybridized carbons (Fsp3) is 0.500. The van der Waals surface area contributed by atoms with Crippen molar-refractivity contribution < 1.29 is 9.18 Å². The Bertz CT molecular complexity index is 694. The van der Waals surface area contributed by atoms with Gasteiger partial charge in [0.25, 0.3) is 0 Å². The van der Waals surface area contributed by atoms with Crippen molar-refractivity contribution in [2.24, 2.45) is 7.05 Å². The number of hydrogen-bond donors (Lipinski definition) is 1. The summed E-state index contributed by atoms with van der Waals surface area (Å²) in [6.07, 6.45) is 5.64. The molecule has 0 radical (unpaired) electrons. The van der Waals surface area contributed by atoms with Gasteiger partial charge in [0.05, 0.1) is 0 Å². The third kappa shape index (κ3) is 4.42. The molecule has 1 fully saturated rings. The minimum Gasteiger partial charge on any atom is -0.354 e. The molecule has 7 heteroatoms. The summed E-state index contributed by atoms with van der Waals surface area (Å²) in [5.41, 5.74) is 0.833. The topological polar surface area (TPSA) is 63.1 Å². The Balaban J connectivity index is 1.68. The van der Waals surface area contributed by atoms with Crippen LogP contribution in [0.4, 0.5) is 4.39 Å². The van der Waals surface area contributed by atoms with Gasteiger partial charge in [-0.05, 0) is 43.6 Å². The predicted octanol–water partition coefficient (Wildman–Crippen LogP) is 1.84. The number of halogens is 1. The fourth-order valence-electron chi connectivity index (χ4n) is 3.28. The first-order valence-electron chi connectivity index (χ1n) is 8.75. The lowest BCUT2D eigenvalue weighted by molar-refractivity contribution is -0.127.